The number of hydrogen-bond donors (Lipinski definition) is 3. The molecule has 0 aliphatic heterocycles. The molecule has 0 fully saturated rings. The van der Waals surface area contributed by atoms with Gasteiger partial charge < -0.3 is 33.8 Å². The van der Waals surface area contributed by atoms with E-state index < -0.39 is 97.5 Å². The molecule has 3 N–H and O–H groups in total. The zero-order chi connectivity index (χ0) is 67.9. The van der Waals surface area contributed by atoms with Crippen molar-refractivity contribution in [1.29, 1.82) is 0 Å². The summed E-state index contributed by atoms with van der Waals surface area (Å²) in [7, 11) is -9.91. The van der Waals surface area contributed by atoms with Crippen molar-refractivity contribution in [2.24, 2.45) is 11.8 Å². The highest BCUT2D eigenvalue weighted by Gasteiger charge is 2.30. The van der Waals surface area contributed by atoms with Gasteiger partial charge >= 0.3 is 39.5 Å². The SMILES string of the molecule is CCCCCCCCCCCCCCCCCCC(=O)O[C@H](COC(=O)CCCCCCCCCCCCCCCCC)COP(=O)(O)OC[C@@H](O)COP(=O)(O)OC[C@@H](COC(=O)CCCCCCCCC(C)C)OC(=O)CCCCCCCCCCC(C)CC. The molecular formula is C73H142O17P2. The van der Waals surface area contributed by atoms with E-state index in [1.807, 2.05) is 0 Å². The van der Waals surface area contributed by atoms with Gasteiger partial charge in [-0.25, -0.2) is 9.13 Å². The first-order valence-electron chi connectivity index (χ1n) is 38.0. The standard InChI is InChI=1S/C73H142O17P2/c1-7-10-12-14-16-18-20-22-24-26-28-30-32-37-45-51-57-72(77)89-68(61-83-70(75)55-49-43-36-31-29-27-25-23-21-19-17-15-13-11-8-2)63-87-91(79,80)85-59-67(74)60-86-92(81,82)88-64-69(62-84-71(76)56-50-44-40-39-41-47-53-65(4)5)90-73(78)58-52-46-38-34-33-35-42-48-54-66(6)9-3/h65-69,74H,7-64H2,1-6H3,(H,79,80)(H,81,82)/t66?,67-,68-,69-/m1/s1. The molecule has 19 heteroatoms. The maximum Gasteiger partial charge on any atom is 0.472 e. The molecule has 0 bridgehead atoms. The number of phosphoric acid groups is 2. The van der Waals surface area contributed by atoms with Crippen LogP contribution in [0.3, 0.4) is 0 Å². The van der Waals surface area contributed by atoms with Crippen LogP contribution >= 0.6 is 15.6 Å². The lowest BCUT2D eigenvalue weighted by molar-refractivity contribution is -0.161. The van der Waals surface area contributed by atoms with E-state index in [0.717, 1.165) is 102 Å². The second-order valence-electron chi connectivity index (χ2n) is 27.1. The third-order valence-corrected chi connectivity index (χ3v) is 19.2. The van der Waals surface area contributed by atoms with Crippen LogP contribution in [0.4, 0.5) is 0 Å². The minimum Gasteiger partial charge on any atom is -0.462 e. The van der Waals surface area contributed by atoms with E-state index in [2.05, 4.69) is 41.5 Å². The molecule has 0 aliphatic carbocycles. The molecule has 0 saturated heterocycles. The van der Waals surface area contributed by atoms with Gasteiger partial charge in [0.15, 0.2) is 12.2 Å². The van der Waals surface area contributed by atoms with Gasteiger partial charge in [0.25, 0.3) is 0 Å². The van der Waals surface area contributed by atoms with E-state index in [9.17, 15) is 43.2 Å². The zero-order valence-electron chi connectivity index (χ0n) is 59.9. The van der Waals surface area contributed by atoms with Gasteiger partial charge in [-0.2, -0.15) is 0 Å². The van der Waals surface area contributed by atoms with Gasteiger partial charge in [-0.05, 0) is 37.5 Å². The van der Waals surface area contributed by atoms with Gasteiger partial charge in [-0.15, -0.1) is 0 Å². The molecule has 0 rings (SSSR count). The Morgan fingerprint density at radius 2 is 0.554 bits per heavy atom. The highest BCUT2D eigenvalue weighted by atomic mass is 31.2. The van der Waals surface area contributed by atoms with E-state index in [0.29, 0.717) is 31.6 Å². The van der Waals surface area contributed by atoms with Crippen molar-refractivity contribution in [3.05, 3.63) is 0 Å². The monoisotopic (exact) mass is 1350 g/mol. The highest BCUT2D eigenvalue weighted by Crippen LogP contribution is 2.45. The summed E-state index contributed by atoms with van der Waals surface area (Å²) in [5.74, 6) is -0.673. The number of rotatable bonds is 72. The normalized spacial score (nSPS) is 14.4. The van der Waals surface area contributed by atoms with Crippen LogP contribution in [0, 0.1) is 11.8 Å². The molecule has 0 spiro atoms. The Bertz CT molecular complexity index is 1790. The van der Waals surface area contributed by atoms with Crippen LogP contribution in [0.1, 0.15) is 375 Å². The molecule has 0 aromatic rings. The fourth-order valence-electron chi connectivity index (χ4n) is 11.1. The van der Waals surface area contributed by atoms with Crippen LogP contribution in [0.5, 0.6) is 0 Å². The summed E-state index contributed by atoms with van der Waals surface area (Å²) in [5.41, 5.74) is 0. The zero-order valence-corrected chi connectivity index (χ0v) is 61.6. The second-order valence-corrected chi connectivity index (χ2v) is 30.0. The molecule has 0 aromatic carbocycles. The van der Waals surface area contributed by atoms with Crippen molar-refractivity contribution in [3.8, 4) is 0 Å². The number of ether oxygens (including phenoxy) is 4. The number of esters is 4. The molecule has 3 unspecified atom stereocenters. The predicted molar refractivity (Wildman–Crippen MR) is 372 cm³/mol. The molecule has 17 nitrogen and oxygen atoms in total. The number of phosphoric ester groups is 2. The van der Waals surface area contributed by atoms with Crippen molar-refractivity contribution in [3.63, 3.8) is 0 Å². The molecule has 0 aliphatic rings. The van der Waals surface area contributed by atoms with Gasteiger partial charge in [0.2, 0.25) is 0 Å². The van der Waals surface area contributed by atoms with Gasteiger partial charge in [0, 0.05) is 25.7 Å². The number of hydrogen-bond acceptors (Lipinski definition) is 15. The van der Waals surface area contributed by atoms with Crippen molar-refractivity contribution in [1.82, 2.24) is 0 Å². The lowest BCUT2D eigenvalue weighted by atomic mass is 9.99. The predicted octanol–water partition coefficient (Wildman–Crippen LogP) is 21.2. The van der Waals surface area contributed by atoms with Crippen LogP contribution in [-0.2, 0) is 65.4 Å². The minimum atomic E-state index is -4.95. The summed E-state index contributed by atoms with van der Waals surface area (Å²) in [5, 5.41) is 10.6. The lowest BCUT2D eigenvalue weighted by Crippen LogP contribution is -2.30. The summed E-state index contributed by atoms with van der Waals surface area (Å²) < 4.78 is 68.4. The van der Waals surface area contributed by atoms with Gasteiger partial charge in [-0.1, -0.05) is 324 Å². The summed E-state index contributed by atoms with van der Waals surface area (Å²) in [6.45, 7) is 9.49. The van der Waals surface area contributed by atoms with Crippen LogP contribution in [-0.4, -0.2) is 96.7 Å². The Kier molecular flexibility index (Phi) is 63.7. The molecule has 0 radical (unpaired) electrons. The van der Waals surface area contributed by atoms with Crippen LogP contribution in [0.2, 0.25) is 0 Å². The molecule has 0 aromatic heterocycles. The fourth-order valence-corrected chi connectivity index (χ4v) is 12.7. The molecule has 0 amide bonds. The van der Waals surface area contributed by atoms with Gasteiger partial charge in [0.05, 0.1) is 26.4 Å². The van der Waals surface area contributed by atoms with Crippen molar-refractivity contribution in [2.45, 2.75) is 394 Å². The third-order valence-electron chi connectivity index (χ3n) is 17.3. The Balaban J connectivity index is 5.24. The maximum atomic E-state index is 13.1. The molecule has 92 heavy (non-hydrogen) atoms. The first-order chi connectivity index (χ1) is 44.4. The maximum absolute atomic E-state index is 13.1. The Labute approximate surface area is 562 Å². The number of aliphatic hydroxyl groups excluding tert-OH is 1. The van der Waals surface area contributed by atoms with Crippen molar-refractivity contribution in [2.75, 3.05) is 39.6 Å². The van der Waals surface area contributed by atoms with E-state index in [-0.39, 0.29) is 25.7 Å². The average molecular weight is 1350 g/mol. The number of aliphatic hydroxyl groups is 1. The van der Waals surface area contributed by atoms with Crippen molar-refractivity contribution >= 4 is 39.5 Å². The topological polar surface area (TPSA) is 237 Å². The smallest absolute Gasteiger partial charge is 0.462 e. The lowest BCUT2D eigenvalue weighted by Gasteiger charge is -2.21. The number of unbranched alkanes of at least 4 members (excludes halogenated alkanes) is 41. The minimum absolute atomic E-state index is 0.104. The van der Waals surface area contributed by atoms with Gasteiger partial charge in [-0.3, -0.25) is 37.3 Å². The largest absolute Gasteiger partial charge is 0.472 e. The fraction of sp³-hybridized carbons (Fsp3) is 0.945. The number of carbonyl (C=O) groups excluding carboxylic acids is 4. The van der Waals surface area contributed by atoms with E-state index in [1.54, 1.807) is 0 Å². The second kappa shape index (κ2) is 65.0. The van der Waals surface area contributed by atoms with Gasteiger partial charge in [0.1, 0.15) is 19.3 Å². The average Bonchev–Trinajstić information content (AvgIpc) is 3.37. The summed E-state index contributed by atoms with van der Waals surface area (Å²) in [6.07, 6.45) is 51.4. The molecule has 0 heterocycles. The Morgan fingerprint density at radius 3 is 0.826 bits per heavy atom. The Hall–Kier alpha value is -1.94. The van der Waals surface area contributed by atoms with Crippen LogP contribution in [0.15, 0.2) is 0 Å². The van der Waals surface area contributed by atoms with E-state index in [1.165, 1.54) is 186 Å². The third kappa shape index (κ3) is 65.4. The van der Waals surface area contributed by atoms with Crippen LogP contribution < -0.4 is 0 Å². The number of carbonyl (C=O) groups is 4. The summed E-state index contributed by atoms with van der Waals surface area (Å²) >= 11 is 0. The van der Waals surface area contributed by atoms with Crippen molar-refractivity contribution < 1.29 is 80.2 Å². The van der Waals surface area contributed by atoms with E-state index >= 15 is 0 Å². The van der Waals surface area contributed by atoms with E-state index in [4.69, 9.17) is 37.0 Å². The molecule has 6 atom stereocenters. The molecule has 0 saturated carbocycles. The summed E-state index contributed by atoms with van der Waals surface area (Å²) in [4.78, 5) is 72.7. The van der Waals surface area contributed by atoms with Crippen LogP contribution in [0.25, 0.3) is 0 Å². The molecule has 546 valence electrons. The molecular weight excluding hydrogens is 1210 g/mol. The quantitative estimate of drug-likeness (QED) is 0.0222. The highest BCUT2D eigenvalue weighted by molar-refractivity contribution is 7.47. The summed E-state index contributed by atoms with van der Waals surface area (Å²) in [6, 6.07) is 0. The first-order valence-corrected chi connectivity index (χ1v) is 41.0. The first kappa shape index (κ1) is 90.1. The Morgan fingerprint density at radius 1 is 0.315 bits per heavy atom.